The van der Waals surface area contributed by atoms with Gasteiger partial charge in [0.15, 0.2) is 0 Å². The summed E-state index contributed by atoms with van der Waals surface area (Å²) in [5.41, 5.74) is -0.315. The molecule has 0 fully saturated rings. The van der Waals surface area contributed by atoms with E-state index in [1.54, 1.807) is 0 Å². The Morgan fingerprint density at radius 1 is 1.19 bits per heavy atom. The predicted octanol–water partition coefficient (Wildman–Crippen LogP) is 4.29. The van der Waals surface area contributed by atoms with Crippen LogP contribution in [0, 0.1) is 15.9 Å². The van der Waals surface area contributed by atoms with Gasteiger partial charge in [0.2, 0.25) is 0 Å². The third kappa shape index (κ3) is 3.48. The van der Waals surface area contributed by atoms with Gasteiger partial charge >= 0.3 is 0 Å². The topological polar surface area (TPSA) is 72.2 Å². The molecule has 8 heteroatoms. The smallest absolute Gasteiger partial charge is 0.270 e. The van der Waals surface area contributed by atoms with Crippen molar-refractivity contribution in [2.75, 3.05) is 5.32 Å². The lowest BCUT2D eigenvalue weighted by Crippen LogP contribution is -2.13. The molecule has 0 aliphatic rings. The highest BCUT2D eigenvalue weighted by Gasteiger charge is 2.16. The fourth-order valence-corrected chi connectivity index (χ4v) is 2.00. The Bertz CT molecular complexity index is 737. The summed E-state index contributed by atoms with van der Waals surface area (Å²) in [7, 11) is 0. The van der Waals surface area contributed by atoms with Gasteiger partial charge in [-0.15, -0.1) is 0 Å². The van der Waals surface area contributed by atoms with E-state index in [0.29, 0.717) is 0 Å². The molecule has 0 saturated carbocycles. The number of nitro groups is 1. The van der Waals surface area contributed by atoms with Crippen LogP contribution in [0.4, 0.5) is 15.8 Å². The van der Waals surface area contributed by atoms with E-state index in [-0.39, 0.29) is 27.0 Å². The Balaban J connectivity index is 2.26. The van der Waals surface area contributed by atoms with Crippen LogP contribution < -0.4 is 5.32 Å². The molecule has 21 heavy (non-hydrogen) atoms. The third-order valence-corrected chi connectivity index (χ3v) is 3.14. The monoisotopic (exact) mass is 328 g/mol. The number of hydrogen-bond acceptors (Lipinski definition) is 3. The van der Waals surface area contributed by atoms with E-state index in [0.717, 1.165) is 18.2 Å². The maximum atomic E-state index is 13.6. The van der Waals surface area contributed by atoms with Crippen LogP contribution >= 0.6 is 23.2 Å². The van der Waals surface area contributed by atoms with E-state index < -0.39 is 16.6 Å². The summed E-state index contributed by atoms with van der Waals surface area (Å²) in [6.07, 6.45) is 0. The van der Waals surface area contributed by atoms with Crippen molar-refractivity contribution < 1.29 is 14.1 Å². The number of rotatable bonds is 3. The number of anilines is 1. The molecule has 0 spiro atoms. The van der Waals surface area contributed by atoms with E-state index in [2.05, 4.69) is 5.32 Å². The van der Waals surface area contributed by atoms with E-state index in [1.165, 1.54) is 18.2 Å². The van der Waals surface area contributed by atoms with Crippen molar-refractivity contribution in [2.24, 2.45) is 0 Å². The van der Waals surface area contributed by atoms with Crippen molar-refractivity contribution >= 4 is 40.5 Å². The number of non-ortho nitro benzene ring substituents is 1. The molecule has 0 heterocycles. The summed E-state index contributed by atoms with van der Waals surface area (Å²) >= 11 is 11.4. The van der Waals surface area contributed by atoms with Crippen LogP contribution in [0.25, 0.3) is 0 Å². The molecular formula is C13H7Cl2FN2O3. The van der Waals surface area contributed by atoms with E-state index >= 15 is 0 Å². The van der Waals surface area contributed by atoms with Gasteiger partial charge in [-0.25, -0.2) is 4.39 Å². The zero-order valence-corrected chi connectivity index (χ0v) is 11.8. The fourth-order valence-electron chi connectivity index (χ4n) is 1.58. The van der Waals surface area contributed by atoms with Crippen molar-refractivity contribution in [1.82, 2.24) is 0 Å². The molecule has 0 unspecified atom stereocenters. The highest BCUT2D eigenvalue weighted by molar-refractivity contribution is 6.34. The summed E-state index contributed by atoms with van der Waals surface area (Å²) in [5.74, 6) is -1.38. The number of carbonyl (C=O) groups is 1. The second-order valence-corrected chi connectivity index (χ2v) is 4.84. The third-order valence-electron chi connectivity index (χ3n) is 2.59. The van der Waals surface area contributed by atoms with Gasteiger partial charge in [-0.1, -0.05) is 23.2 Å². The fraction of sp³-hybridized carbons (Fsp3) is 0. The van der Waals surface area contributed by atoms with Crippen molar-refractivity contribution in [2.45, 2.75) is 0 Å². The van der Waals surface area contributed by atoms with Gasteiger partial charge in [0.05, 0.1) is 21.2 Å². The maximum absolute atomic E-state index is 13.6. The molecule has 0 aromatic heterocycles. The molecule has 0 aliphatic carbocycles. The van der Waals surface area contributed by atoms with Crippen LogP contribution in [-0.2, 0) is 0 Å². The molecule has 1 N–H and O–H groups in total. The first kappa shape index (κ1) is 15.2. The van der Waals surface area contributed by atoms with Gasteiger partial charge in [-0.05, 0) is 24.3 Å². The quantitative estimate of drug-likeness (QED) is 0.674. The lowest BCUT2D eigenvalue weighted by molar-refractivity contribution is -0.384. The molecule has 1 amide bonds. The number of halogens is 3. The predicted molar refractivity (Wildman–Crippen MR) is 77.5 cm³/mol. The van der Waals surface area contributed by atoms with E-state index in [9.17, 15) is 19.3 Å². The maximum Gasteiger partial charge on any atom is 0.270 e. The van der Waals surface area contributed by atoms with Gasteiger partial charge < -0.3 is 5.32 Å². The van der Waals surface area contributed by atoms with E-state index in [1.807, 2.05) is 0 Å². The first-order valence-electron chi connectivity index (χ1n) is 5.59. The van der Waals surface area contributed by atoms with Gasteiger partial charge in [-0.2, -0.15) is 0 Å². The number of carbonyl (C=O) groups excluding carboxylic acids is 1. The standard InChI is InChI=1S/C13H7Cl2FN2O3/c14-7-1-4-12(11(16)5-7)17-13(19)9-3-2-8(18(20)21)6-10(9)15/h1-6H,(H,17,19). The SMILES string of the molecule is O=C(Nc1ccc(Cl)cc1F)c1ccc([N+](=O)[O-])cc1Cl. The number of hydrogen-bond donors (Lipinski definition) is 1. The van der Waals surface area contributed by atoms with Gasteiger partial charge in [0.25, 0.3) is 11.6 Å². The van der Waals surface area contributed by atoms with E-state index in [4.69, 9.17) is 23.2 Å². The molecule has 2 aromatic rings. The molecule has 0 bridgehead atoms. The van der Waals surface area contributed by atoms with Crippen LogP contribution in [-0.4, -0.2) is 10.8 Å². The average Bonchev–Trinajstić information content (AvgIpc) is 2.41. The Labute approximate surface area is 128 Å². The number of amides is 1. The normalized spacial score (nSPS) is 10.2. The lowest BCUT2D eigenvalue weighted by atomic mass is 10.2. The highest BCUT2D eigenvalue weighted by Crippen LogP contribution is 2.24. The lowest BCUT2D eigenvalue weighted by Gasteiger charge is -2.08. The first-order chi connectivity index (χ1) is 9.88. The molecule has 108 valence electrons. The first-order valence-corrected chi connectivity index (χ1v) is 6.34. The number of benzene rings is 2. The largest absolute Gasteiger partial charge is 0.319 e. The van der Waals surface area contributed by atoms with Crippen LogP contribution in [0.1, 0.15) is 10.4 Å². The molecule has 5 nitrogen and oxygen atoms in total. The second kappa shape index (κ2) is 6.07. The Hall–Kier alpha value is -2.18. The van der Waals surface area contributed by atoms with Crippen LogP contribution in [0.5, 0.6) is 0 Å². The number of nitrogens with zero attached hydrogens (tertiary/aromatic N) is 1. The Kier molecular flexibility index (Phi) is 4.40. The zero-order valence-electron chi connectivity index (χ0n) is 10.3. The summed E-state index contributed by atoms with van der Waals surface area (Å²) < 4.78 is 13.6. The van der Waals surface area contributed by atoms with Crippen molar-refractivity contribution in [1.29, 1.82) is 0 Å². The summed E-state index contributed by atoms with van der Waals surface area (Å²) in [4.78, 5) is 21.9. The number of nitro benzene ring substituents is 1. The molecule has 0 atom stereocenters. The highest BCUT2D eigenvalue weighted by atomic mass is 35.5. The molecule has 2 aromatic carbocycles. The average molecular weight is 329 g/mol. The van der Waals surface area contributed by atoms with Crippen LogP contribution in [0.3, 0.4) is 0 Å². The minimum Gasteiger partial charge on any atom is -0.319 e. The second-order valence-electron chi connectivity index (χ2n) is 4.00. The molecule has 0 radical (unpaired) electrons. The number of nitrogens with one attached hydrogen (secondary N) is 1. The Morgan fingerprint density at radius 2 is 1.90 bits per heavy atom. The van der Waals surface area contributed by atoms with Gasteiger partial charge in [0, 0.05) is 17.2 Å². The molecule has 2 rings (SSSR count). The van der Waals surface area contributed by atoms with Crippen molar-refractivity contribution in [3.63, 3.8) is 0 Å². The Morgan fingerprint density at radius 3 is 2.48 bits per heavy atom. The summed E-state index contributed by atoms with van der Waals surface area (Å²) in [6.45, 7) is 0. The molecule has 0 saturated heterocycles. The van der Waals surface area contributed by atoms with Gasteiger partial charge in [-0.3, -0.25) is 14.9 Å². The van der Waals surface area contributed by atoms with Crippen molar-refractivity contribution in [3.8, 4) is 0 Å². The summed E-state index contributed by atoms with van der Waals surface area (Å²) in [6, 6.07) is 7.15. The minimum absolute atomic E-state index is 0.00313. The molecular weight excluding hydrogens is 322 g/mol. The van der Waals surface area contributed by atoms with Crippen LogP contribution in [0.15, 0.2) is 36.4 Å². The molecule has 0 aliphatic heterocycles. The van der Waals surface area contributed by atoms with Crippen molar-refractivity contribution in [3.05, 3.63) is 67.9 Å². The zero-order chi connectivity index (χ0) is 15.6. The van der Waals surface area contributed by atoms with Crippen LogP contribution in [0.2, 0.25) is 10.0 Å². The van der Waals surface area contributed by atoms with Gasteiger partial charge in [0.1, 0.15) is 5.82 Å². The summed E-state index contributed by atoms with van der Waals surface area (Å²) in [5, 5.41) is 13.0. The minimum atomic E-state index is -0.700.